The van der Waals surface area contributed by atoms with Crippen LogP contribution in [0.3, 0.4) is 0 Å². The van der Waals surface area contributed by atoms with E-state index in [-0.39, 0.29) is 13.2 Å². The van der Waals surface area contributed by atoms with Crippen LogP contribution >= 0.6 is 0 Å². The number of rotatable bonds is 6. The maximum absolute atomic E-state index is 11.9. The molecule has 0 fully saturated rings. The fourth-order valence-corrected chi connectivity index (χ4v) is 1.24. The Labute approximate surface area is 101 Å². The minimum absolute atomic E-state index is 0.0356. The summed E-state index contributed by atoms with van der Waals surface area (Å²) in [7, 11) is 1.49. The van der Waals surface area contributed by atoms with Crippen LogP contribution in [-0.4, -0.2) is 31.2 Å². The minimum Gasteiger partial charge on any atom is -0.756 e. The Morgan fingerprint density at radius 2 is 1.88 bits per heavy atom. The zero-order valence-electron chi connectivity index (χ0n) is 10.3. The van der Waals surface area contributed by atoms with Gasteiger partial charge in [-0.15, -0.1) is 0 Å². The summed E-state index contributed by atoms with van der Waals surface area (Å²) in [6.45, 7) is 3.59. The van der Waals surface area contributed by atoms with Crippen LogP contribution in [0, 0.1) is 5.21 Å². The monoisotopic (exact) mass is 240 g/mol. The second-order valence-corrected chi connectivity index (χ2v) is 4.01. The van der Waals surface area contributed by atoms with Crippen LogP contribution in [-0.2, 0) is 4.74 Å². The molecule has 5 nitrogen and oxygen atoms in total. The summed E-state index contributed by atoms with van der Waals surface area (Å²) in [4.78, 5) is 0. The molecule has 0 saturated carbocycles. The van der Waals surface area contributed by atoms with Gasteiger partial charge in [-0.25, -0.2) is 0 Å². The van der Waals surface area contributed by atoms with Crippen LogP contribution in [0.15, 0.2) is 24.3 Å². The maximum atomic E-state index is 11.9. The molecule has 0 radical (unpaired) electrons. The standard InChI is InChI=1S/C12H18NO4/c1-12(2,16-3)13(15)10-4-6-11(7-5-10)17-9-8-14/h4-7,14H,8-9H2,1-3H3/q-1. The molecular weight excluding hydrogens is 222 g/mol. The second kappa shape index (κ2) is 5.86. The first-order chi connectivity index (χ1) is 8.01. The van der Waals surface area contributed by atoms with Crippen molar-refractivity contribution in [3.63, 3.8) is 0 Å². The summed E-state index contributed by atoms with van der Waals surface area (Å²) >= 11 is 0. The molecule has 96 valence electrons. The van der Waals surface area contributed by atoms with Gasteiger partial charge in [0.25, 0.3) is 0 Å². The minimum atomic E-state index is -0.909. The van der Waals surface area contributed by atoms with Gasteiger partial charge < -0.3 is 24.9 Å². The number of aliphatic hydroxyl groups is 1. The van der Waals surface area contributed by atoms with Gasteiger partial charge in [-0.05, 0) is 38.1 Å². The van der Waals surface area contributed by atoms with Crippen molar-refractivity contribution < 1.29 is 14.6 Å². The third-order valence-electron chi connectivity index (χ3n) is 2.42. The van der Waals surface area contributed by atoms with Gasteiger partial charge in [0.2, 0.25) is 0 Å². The first-order valence-electron chi connectivity index (χ1n) is 5.37. The Balaban J connectivity index is 2.73. The van der Waals surface area contributed by atoms with E-state index in [0.29, 0.717) is 11.4 Å². The zero-order chi connectivity index (χ0) is 12.9. The number of hydrogen-bond acceptors (Lipinski definition) is 5. The average molecular weight is 240 g/mol. The van der Waals surface area contributed by atoms with Crippen LogP contribution in [0.5, 0.6) is 5.75 Å². The van der Waals surface area contributed by atoms with E-state index in [2.05, 4.69) is 0 Å². The predicted molar refractivity (Wildman–Crippen MR) is 66.0 cm³/mol. The highest BCUT2D eigenvalue weighted by Crippen LogP contribution is 2.25. The number of benzene rings is 1. The van der Waals surface area contributed by atoms with Crippen molar-refractivity contribution in [2.45, 2.75) is 19.6 Å². The Hall–Kier alpha value is -1.30. The van der Waals surface area contributed by atoms with Crippen LogP contribution in [0.1, 0.15) is 13.8 Å². The van der Waals surface area contributed by atoms with Crippen LogP contribution in [0.2, 0.25) is 0 Å². The third-order valence-corrected chi connectivity index (χ3v) is 2.42. The number of methoxy groups -OCH3 is 1. The topological polar surface area (TPSA) is 65.0 Å². The number of hydrogen-bond donors (Lipinski definition) is 1. The Kier molecular flexibility index (Phi) is 4.74. The van der Waals surface area contributed by atoms with E-state index in [0.717, 1.165) is 5.06 Å². The molecule has 0 aliphatic carbocycles. The van der Waals surface area contributed by atoms with Gasteiger partial charge in [0.15, 0.2) is 0 Å². The van der Waals surface area contributed by atoms with Gasteiger partial charge in [-0.3, -0.25) is 0 Å². The molecule has 17 heavy (non-hydrogen) atoms. The molecule has 0 spiro atoms. The normalized spacial score (nSPS) is 11.4. The van der Waals surface area contributed by atoms with Crippen LogP contribution in [0.25, 0.3) is 0 Å². The summed E-state index contributed by atoms with van der Waals surface area (Å²) in [6.07, 6.45) is 0. The molecule has 0 atom stereocenters. The van der Waals surface area contributed by atoms with E-state index in [4.69, 9.17) is 14.6 Å². The number of anilines is 1. The molecule has 5 heteroatoms. The molecule has 0 aliphatic rings. The quantitative estimate of drug-likeness (QED) is 0.606. The molecule has 0 heterocycles. The lowest BCUT2D eigenvalue weighted by atomic mass is 10.2. The summed E-state index contributed by atoms with van der Waals surface area (Å²) in [5.74, 6) is 0.617. The SMILES string of the molecule is COC(C)(C)N([O-])c1ccc(OCCO)cc1. The lowest BCUT2D eigenvalue weighted by molar-refractivity contribution is 0.0276. The van der Waals surface area contributed by atoms with Crippen molar-refractivity contribution in [1.29, 1.82) is 0 Å². The first kappa shape index (κ1) is 13.8. The molecule has 0 aliphatic heterocycles. The molecule has 1 rings (SSSR count). The first-order valence-corrected chi connectivity index (χ1v) is 5.37. The van der Waals surface area contributed by atoms with Crippen LogP contribution in [0.4, 0.5) is 5.69 Å². The van der Waals surface area contributed by atoms with Gasteiger partial charge in [-0.1, -0.05) is 0 Å². The number of hydroxylamine groups is 1. The van der Waals surface area contributed by atoms with Crippen molar-refractivity contribution >= 4 is 5.69 Å². The molecule has 0 saturated heterocycles. The molecule has 0 aromatic heterocycles. The van der Waals surface area contributed by atoms with E-state index in [9.17, 15) is 5.21 Å². The van der Waals surface area contributed by atoms with Crippen molar-refractivity contribution in [2.75, 3.05) is 25.4 Å². The second-order valence-electron chi connectivity index (χ2n) is 4.01. The zero-order valence-corrected chi connectivity index (χ0v) is 10.3. The Morgan fingerprint density at radius 3 is 2.35 bits per heavy atom. The van der Waals surface area contributed by atoms with E-state index < -0.39 is 5.72 Å². The van der Waals surface area contributed by atoms with Crippen molar-refractivity contribution in [3.8, 4) is 5.75 Å². The van der Waals surface area contributed by atoms with Crippen molar-refractivity contribution in [3.05, 3.63) is 29.5 Å². The third kappa shape index (κ3) is 3.59. The van der Waals surface area contributed by atoms with Crippen molar-refractivity contribution in [2.24, 2.45) is 0 Å². The van der Waals surface area contributed by atoms with E-state index >= 15 is 0 Å². The summed E-state index contributed by atoms with van der Waals surface area (Å²) in [5.41, 5.74) is -0.416. The van der Waals surface area contributed by atoms with E-state index in [1.807, 2.05) is 0 Å². The fourth-order valence-electron chi connectivity index (χ4n) is 1.24. The predicted octanol–water partition coefficient (Wildman–Crippen LogP) is 1.74. The molecular formula is C12H18NO4-. The maximum Gasteiger partial charge on any atom is 0.125 e. The van der Waals surface area contributed by atoms with E-state index in [1.165, 1.54) is 7.11 Å². The number of ether oxygens (including phenoxy) is 2. The summed E-state index contributed by atoms with van der Waals surface area (Å²) < 4.78 is 10.3. The molecule has 1 N–H and O–H groups in total. The smallest absolute Gasteiger partial charge is 0.125 e. The molecule has 0 amide bonds. The van der Waals surface area contributed by atoms with Gasteiger partial charge in [0.1, 0.15) is 18.1 Å². The Morgan fingerprint density at radius 1 is 1.29 bits per heavy atom. The van der Waals surface area contributed by atoms with Gasteiger partial charge >= 0.3 is 0 Å². The van der Waals surface area contributed by atoms with Crippen molar-refractivity contribution in [1.82, 2.24) is 0 Å². The highest BCUT2D eigenvalue weighted by molar-refractivity contribution is 5.51. The van der Waals surface area contributed by atoms with Crippen LogP contribution < -0.4 is 9.80 Å². The molecule has 1 aromatic carbocycles. The number of aliphatic hydroxyl groups excluding tert-OH is 1. The Bertz CT molecular complexity index is 337. The summed E-state index contributed by atoms with van der Waals surface area (Å²) in [6, 6.07) is 6.67. The van der Waals surface area contributed by atoms with Gasteiger partial charge in [0.05, 0.1) is 6.61 Å². The van der Waals surface area contributed by atoms with Gasteiger partial charge in [0, 0.05) is 12.8 Å². The lowest BCUT2D eigenvalue weighted by Gasteiger charge is -2.44. The summed E-state index contributed by atoms with van der Waals surface area (Å²) in [5, 5.41) is 21.3. The van der Waals surface area contributed by atoms with E-state index in [1.54, 1.807) is 38.1 Å². The number of nitrogens with zero attached hydrogens (tertiary/aromatic N) is 1. The highest BCUT2D eigenvalue weighted by atomic mass is 16.6. The molecule has 0 unspecified atom stereocenters. The highest BCUT2D eigenvalue weighted by Gasteiger charge is 2.18. The fraction of sp³-hybridized carbons (Fsp3) is 0.500. The molecule has 1 aromatic rings. The largest absolute Gasteiger partial charge is 0.756 e. The average Bonchev–Trinajstić information content (AvgIpc) is 2.36. The molecule has 0 bridgehead atoms. The van der Waals surface area contributed by atoms with Gasteiger partial charge in [-0.2, -0.15) is 0 Å². The lowest BCUT2D eigenvalue weighted by Crippen LogP contribution is -2.41.